The van der Waals surface area contributed by atoms with Crippen molar-refractivity contribution in [2.75, 3.05) is 6.54 Å². The molecule has 2 aromatic heterocycles. The minimum atomic E-state index is 0.0549. The Morgan fingerprint density at radius 2 is 1.82 bits per heavy atom. The standard InChI is InChI=1S/C23H26N4S/c1-4-26-22(21(25-23(26)28)20-12-8-9-13-24-20)19-14-16(2)27(17(19)3)15-18-10-6-5-7-11-18/h5-14,21-22H,4,15H2,1-3H3,(H,25,28)/t21-,22-/m0/s1. The van der Waals surface area contributed by atoms with E-state index in [1.54, 1.807) is 0 Å². The van der Waals surface area contributed by atoms with E-state index in [9.17, 15) is 0 Å². The Morgan fingerprint density at radius 1 is 1.07 bits per heavy atom. The second-order valence-electron chi connectivity index (χ2n) is 7.31. The lowest BCUT2D eigenvalue weighted by Gasteiger charge is -2.27. The third-order valence-electron chi connectivity index (χ3n) is 5.65. The molecule has 1 aliphatic heterocycles. The van der Waals surface area contributed by atoms with Crippen molar-refractivity contribution < 1.29 is 0 Å². The van der Waals surface area contributed by atoms with Gasteiger partial charge in [-0.15, -0.1) is 0 Å². The minimum absolute atomic E-state index is 0.0549. The van der Waals surface area contributed by atoms with E-state index in [0.717, 1.165) is 23.9 Å². The van der Waals surface area contributed by atoms with Crippen molar-refractivity contribution in [2.45, 2.75) is 39.4 Å². The summed E-state index contributed by atoms with van der Waals surface area (Å²) >= 11 is 5.66. The highest BCUT2D eigenvalue weighted by Crippen LogP contribution is 2.40. The van der Waals surface area contributed by atoms with Gasteiger partial charge in [-0.1, -0.05) is 36.4 Å². The van der Waals surface area contributed by atoms with Gasteiger partial charge in [0.25, 0.3) is 0 Å². The summed E-state index contributed by atoms with van der Waals surface area (Å²) in [5.41, 5.74) is 6.21. The number of benzene rings is 1. The average Bonchev–Trinajstić information content (AvgIpc) is 3.20. The number of aryl methyl sites for hydroxylation is 1. The molecule has 0 aliphatic carbocycles. The average molecular weight is 391 g/mol. The van der Waals surface area contributed by atoms with Crippen LogP contribution in [0.5, 0.6) is 0 Å². The highest BCUT2D eigenvalue weighted by molar-refractivity contribution is 7.80. The van der Waals surface area contributed by atoms with E-state index in [0.29, 0.717) is 0 Å². The number of nitrogens with one attached hydrogen (secondary N) is 1. The van der Waals surface area contributed by atoms with Crippen LogP contribution < -0.4 is 5.32 Å². The van der Waals surface area contributed by atoms with Crippen LogP contribution in [0.25, 0.3) is 0 Å². The van der Waals surface area contributed by atoms with Crippen LogP contribution in [0.4, 0.5) is 0 Å². The van der Waals surface area contributed by atoms with Crippen molar-refractivity contribution in [2.24, 2.45) is 0 Å². The second-order valence-corrected chi connectivity index (χ2v) is 7.70. The fourth-order valence-electron chi connectivity index (χ4n) is 4.22. The van der Waals surface area contributed by atoms with E-state index in [1.807, 2.05) is 18.3 Å². The summed E-state index contributed by atoms with van der Waals surface area (Å²) in [7, 11) is 0. The molecule has 3 aromatic rings. The molecular weight excluding hydrogens is 364 g/mol. The van der Waals surface area contributed by atoms with Crippen LogP contribution in [0.3, 0.4) is 0 Å². The van der Waals surface area contributed by atoms with Gasteiger partial charge in [0, 0.05) is 30.7 Å². The molecule has 4 rings (SSSR count). The predicted octanol–water partition coefficient (Wildman–Crippen LogP) is 4.54. The topological polar surface area (TPSA) is 33.1 Å². The summed E-state index contributed by atoms with van der Waals surface area (Å²) in [6, 6.07) is 19.2. The number of thiocarbonyl (C=S) groups is 1. The first kappa shape index (κ1) is 18.7. The quantitative estimate of drug-likeness (QED) is 0.649. The van der Waals surface area contributed by atoms with Crippen molar-refractivity contribution in [3.05, 3.63) is 89.0 Å². The van der Waals surface area contributed by atoms with E-state index >= 15 is 0 Å². The number of likely N-dealkylation sites (N-methyl/N-ethyl adjacent to an activating group) is 1. The zero-order valence-corrected chi connectivity index (χ0v) is 17.4. The molecule has 0 saturated carbocycles. The van der Waals surface area contributed by atoms with Gasteiger partial charge in [-0.3, -0.25) is 4.98 Å². The maximum absolute atomic E-state index is 5.66. The molecule has 0 spiro atoms. The molecule has 0 unspecified atom stereocenters. The van der Waals surface area contributed by atoms with E-state index in [4.69, 9.17) is 12.2 Å². The highest BCUT2D eigenvalue weighted by Gasteiger charge is 2.40. The van der Waals surface area contributed by atoms with Crippen molar-refractivity contribution in [3.8, 4) is 0 Å². The summed E-state index contributed by atoms with van der Waals surface area (Å²) < 4.78 is 2.40. The number of rotatable bonds is 5. The molecule has 4 nitrogen and oxygen atoms in total. The van der Waals surface area contributed by atoms with Crippen LogP contribution in [0, 0.1) is 13.8 Å². The Bertz CT molecular complexity index is 965. The first-order chi connectivity index (χ1) is 13.6. The maximum atomic E-state index is 5.66. The lowest BCUT2D eigenvalue weighted by Crippen LogP contribution is -2.29. The molecule has 0 radical (unpaired) electrons. The SMILES string of the molecule is CCN1C(=S)N[C@@H](c2ccccn2)[C@@H]1c1cc(C)n(Cc2ccccc2)c1C. The zero-order valence-electron chi connectivity index (χ0n) is 16.6. The number of pyridine rings is 1. The van der Waals surface area contributed by atoms with Gasteiger partial charge in [-0.05, 0) is 62.3 Å². The molecular formula is C23H26N4S. The first-order valence-corrected chi connectivity index (χ1v) is 10.2. The Balaban J connectivity index is 1.75. The van der Waals surface area contributed by atoms with Crippen LogP contribution in [-0.4, -0.2) is 26.1 Å². The van der Waals surface area contributed by atoms with Gasteiger partial charge in [0.15, 0.2) is 5.11 Å². The van der Waals surface area contributed by atoms with E-state index < -0.39 is 0 Å². The van der Waals surface area contributed by atoms with Crippen molar-refractivity contribution in [1.29, 1.82) is 0 Å². The van der Waals surface area contributed by atoms with Crippen LogP contribution >= 0.6 is 12.2 Å². The Kier molecular flexibility index (Phi) is 5.18. The smallest absolute Gasteiger partial charge is 0.170 e. The van der Waals surface area contributed by atoms with Crippen LogP contribution in [0.1, 0.15) is 47.2 Å². The Hall–Kier alpha value is -2.66. The van der Waals surface area contributed by atoms with Gasteiger partial charge in [-0.25, -0.2) is 0 Å². The Morgan fingerprint density at radius 3 is 2.50 bits per heavy atom. The van der Waals surface area contributed by atoms with Crippen LogP contribution in [0.2, 0.25) is 0 Å². The molecule has 1 fully saturated rings. The van der Waals surface area contributed by atoms with Crippen molar-refractivity contribution in [1.82, 2.24) is 19.8 Å². The van der Waals surface area contributed by atoms with Gasteiger partial charge in [0.2, 0.25) is 0 Å². The second kappa shape index (κ2) is 7.76. The maximum Gasteiger partial charge on any atom is 0.170 e. The normalized spacial score (nSPS) is 19.1. The van der Waals surface area contributed by atoms with Gasteiger partial charge in [0.05, 0.1) is 17.8 Å². The van der Waals surface area contributed by atoms with Crippen molar-refractivity contribution in [3.63, 3.8) is 0 Å². The molecule has 5 heteroatoms. The predicted molar refractivity (Wildman–Crippen MR) is 117 cm³/mol. The molecule has 2 atom stereocenters. The molecule has 144 valence electrons. The molecule has 1 saturated heterocycles. The highest BCUT2D eigenvalue weighted by atomic mass is 32.1. The number of hydrogen-bond acceptors (Lipinski definition) is 2. The summed E-state index contributed by atoms with van der Waals surface area (Å²) in [5.74, 6) is 0. The molecule has 0 amide bonds. The van der Waals surface area contributed by atoms with E-state index in [1.165, 1.54) is 22.5 Å². The van der Waals surface area contributed by atoms with Crippen LogP contribution in [-0.2, 0) is 6.54 Å². The van der Waals surface area contributed by atoms with Gasteiger partial charge in [-0.2, -0.15) is 0 Å². The lowest BCUT2D eigenvalue weighted by atomic mass is 9.97. The van der Waals surface area contributed by atoms with E-state index in [2.05, 4.69) is 83.0 Å². The molecule has 28 heavy (non-hydrogen) atoms. The Labute approximate surface area is 172 Å². The molecule has 1 aromatic carbocycles. The van der Waals surface area contributed by atoms with Crippen molar-refractivity contribution >= 4 is 17.3 Å². The first-order valence-electron chi connectivity index (χ1n) is 9.78. The fourth-order valence-corrected chi connectivity index (χ4v) is 4.59. The molecule has 3 heterocycles. The number of hydrogen-bond donors (Lipinski definition) is 1. The largest absolute Gasteiger partial charge is 0.352 e. The van der Waals surface area contributed by atoms with Crippen LogP contribution in [0.15, 0.2) is 60.8 Å². The van der Waals surface area contributed by atoms with E-state index in [-0.39, 0.29) is 12.1 Å². The van der Waals surface area contributed by atoms with Gasteiger partial charge in [0.1, 0.15) is 0 Å². The molecule has 1 aliphatic rings. The summed E-state index contributed by atoms with van der Waals surface area (Å²) in [4.78, 5) is 6.89. The molecule has 1 N–H and O–H groups in total. The number of nitrogens with zero attached hydrogens (tertiary/aromatic N) is 3. The third kappa shape index (κ3) is 3.31. The fraction of sp³-hybridized carbons (Fsp3) is 0.304. The number of aromatic nitrogens is 2. The third-order valence-corrected chi connectivity index (χ3v) is 6.01. The minimum Gasteiger partial charge on any atom is -0.352 e. The summed E-state index contributed by atoms with van der Waals surface area (Å²) in [5, 5.41) is 4.31. The summed E-state index contributed by atoms with van der Waals surface area (Å²) in [6.07, 6.45) is 1.85. The van der Waals surface area contributed by atoms with Gasteiger partial charge < -0.3 is 14.8 Å². The summed E-state index contributed by atoms with van der Waals surface area (Å²) in [6.45, 7) is 8.30. The monoisotopic (exact) mass is 390 g/mol. The lowest BCUT2D eigenvalue weighted by molar-refractivity contribution is 0.329. The van der Waals surface area contributed by atoms with Gasteiger partial charge >= 0.3 is 0 Å². The zero-order chi connectivity index (χ0) is 19.7. The molecule has 0 bridgehead atoms.